The van der Waals surface area contributed by atoms with Crippen molar-refractivity contribution >= 4 is 74.1 Å². The Labute approximate surface area is 450 Å². The molecule has 394 valence electrons. The van der Waals surface area contributed by atoms with Crippen molar-refractivity contribution in [3.8, 4) is 17.2 Å². The quantitative estimate of drug-likeness (QED) is 0.0383. The molecule has 0 spiro atoms. The van der Waals surface area contributed by atoms with E-state index in [0.29, 0.717) is 72.1 Å². The summed E-state index contributed by atoms with van der Waals surface area (Å²) in [7, 11) is 7.17. The Balaban J connectivity index is 0.878. The fraction of sp³-hybridized carbons (Fsp3) is 0.426. The monoisotopic (exact) mass is 1050 g/mol. The molecule has 4 aliphatic heterocycles. The van der Waals surface area contributed by atoms with Crippen molar-refractivity contribution in [1.82, 2.24) is 0 Å². The SMILES string of the molecule is CC=NCCCCCC(=O)CCCSSC(C)(C)CCC(=O)Nc1cc(COc2cc3c(cc2C)C(=O)N2c4ccccc4C[C@@H]2CN3C)cc(COc2cc3c(cc2OC)C(=O)N2c4ccccc4C[C@@H]2CC3)c1. The molecule has 9 rings (SSSR count). The summed E-state index contributed by atoms with van der Waals surface area (Å²) in [6.45, 7) is 10.1. The third-order valence-corrected chi connectivity index (χ3v) is 18.3. The standard InChI is InChI=1S/C61H71N5O7S2/c1-7-62-26-14-8-9-18-49(67)19-15-27-74-75-61(3,4)25-24-58(68)63-46-30-41(38-72-55-36-54-51(28-40(55)2)60(70)66-48(37-64(54)5)33-45-17-11-13-21-53(45)66)29-42(31-46)39-73-57-34-43-22-23-47-32-44-16-10-12-20-52(44)65(47)59(69)50(43)35-56(57)71-6/h7,10-13,16-17,20-21,28-31,34-36,47-48H,8-9,14-15,18-19,22-27,32-33,37-39H2,1-6H3,(H,63,68)/t47-,48+/m0/s1. The molecular formula is C61H71N5O7S2. The van der Waals surface area contributed by atoms with Gasteiger partial charge in [-0.3, -0.25) is 24.2 Å². The van der Waals surface area contributed by atoms with E-state index in [0.717, 1.165) is 103 Å². The first-order valence-electron chi connectivity index (χ1n) is 26.6. The summed E-state index contributed by atoms with van der Waals surface area (Å²) in [6, 6.07) is 30.1. The Morgan fingerprint density at radius 1 is 0.747 bits per heavy atom. The van der Waals surface area contributed by atoms with Crippen LogP contribution in [0.3, 0.4) is 0 Å². The minimum absolute atomic E-state index is 0.00396. The predicted octanol–water partition coefficient (Wildman–Crippen LogP) is 12.6. The van der Waals surface area contributed by atoms with Crippen molar-refractivity contribution in [3.05, 3.63) is 136 Å². The molecule has 5 aromatic rings. The number of para-hydroxylation sites is 2. The number of nitrogens with zero attached hydrogens (tertiary/aromatic N) is 4. The topological polar surface area (TPSA) is 130 Å². The average molecular weight is 1050 g/mol. The van der Waals surface area contributed by atoms with Crippen LogP contribution in [0.1, 0.15) is 133 Å². The number of benzene rings is 5. The summed E-state index contributed by atoms with van der Waals surface area (Å²) in [5.74, 6) is 2.78. The van der Waals surface area contributed by atoms with Gasteiger partial charge in [0, 0.05) is 84.6 Å². The van der Waals surface area contributed by atoms with Gasteiger partial charge in [-0.1, -0.05) is 64.4 Å². The molecule has 0 aliphatic carbocycles. The van der Waals surface area contributed by atoms with Crippen molar-refractivity contribution in [2.75, 3.05) is 53.0 Å². The second-order valence-corrected chi connectivity index (χ2v) is 24.1. The summed E-state index contributed by atoms with van der Waals surface area (Å²) < 4.78 is 18.9. The molecule has 75 heavy (non-hydrogen) atoms. The van der Waals surface area contributed by atoms with Gasteiger partial charge in [0.2, 0.25) is 5.91 Å². The number of hydrogen-bond acceptors (Lipinski definition) is 11. The zero-order chi connectivity index (χ0) is 52.6. The number of likely N-dealkylation sites (N-methyl/N-ethyl adjacent to an activating group) is 1. The molecule has 0 bridgehead atoms. The van der Waals surface area contributed by atoms with E-state index < -0.39 is 0 Å². The van der Waals surface area contributed by atoms with Gasteiger partial charge in [0.25, 0.3) is 11.8 Å². The zero-order valence-corrected chi connectivity index (χ0v) is 46.0. The second kappa shape index (κ2) is 24.2. The van der Waals surface area contributed by atoms with E-state index in [2.05, 4.69) is 41.2 Å². The van der Waals surface area contributed by atoms with Crippen molar-refractivity contribution < 1.29 is 33.4 Å². The van der Waals surface area contributed by atoms with Crippen molar-refractivity contribution in [1.29, 1.82) is 0 Å². The summed E-state index contributed by atoms with van der Waals surface area (Å²) >= 11 is 0. The van der Waals surface area contributed by atoms with E-state index >= 15 is 0 Å². The molecular weight excluding hydrogens is 979 g/mol. The highest BCUT2D eigenvalue weighted by atomic mass is 33.1. The number of carbonyl (C=O) groups is 4. The van der Waals surface area contributed by atoms with Crippen molar-refractivity contribution in [2.45, 2.75) is 135 Å². The summed E-state index contributed by atoms with van der Waals surface area (Å²) in [5, 5.41) is 3.18. The number of anilines is 4. The minimum Gasteiger partial charge on any atom is -0.493 e. The lowest BCUT2D eigenvalue weighted by Gasteiger charge is -2.25. The summed E-state index contributed by atoms with van der Waals surface area (Å²) in [4.78, 5) is 64.9. The number of unbranched alkanes of at least 4 members (excludes halogenated alkanes) is 2. The Morgan fingerprint density at radius 3 is 2.13 bits per heavy atom. The molecule has 4 aliphatic rings. The number of amides is 3. The molecule has 0 fully saturated rings. The number of aliphatic imine (C=N–C) groups is 1. The van der Waals surface area contributed by atoms with Gasteiger partial charge in [-0.25, -0.2) is 0 Å². The molecule has 0 unspecified atom stereocenters. The van der Waals surface area contributed by atoms with Gasteiger partial charge < -0.3 is 34.2 Å². The number of hydrogen-bond donors (Lipinski definition) is 1. The van der Waals surface area contributed by atoms with Crippen LogP contribution in [-0.2, 0) is 42.1 Å². The smallest absolute Gasteiger partial charge is 0.260 e. The highest BCUT2D eigenvalue weighted by Crippen LogP contribution is 2.43. The first-order chi connectivity index (χ1) is 36.3. The largest absolute Gasteiger partial charge is 0.493 e. The number of ether oxygens (including phenoxy) is 3. The van der Waals surface area contributed by atoms with E-state index in [4.69, 9.17) is 14.2 Å². The Morgan fingerprint density at radius 2 is 1.41 bits per heavy atom. The lowest BCUT2D eigenvalue weighted by molar-refractivity contribution is -0.119. The third-order valence-electron chi connectivity index (χ3n) is 14.8. The number of nitrogens with one attached hydrogen (secondary N) is 1. The zero-order valence-electron chi connectivity index (χ0n) is 44.4. The van der Waals surface area contributed by atoms with Crippen LogP contribution in [0.15, 0.2) is 96.0 Å². The first kappa shape index (κ1) is 53.6. The highest BCUT2D eigenvalue weighted by molar-refractivity contribution is 8.77. The molecule has 0 radical (unpaired) electrons. The lowest BCUT2D eigenvalue weighted by atomic mass is 9.99. The van der Waals surface area contributed by atoms with Crippen LogP contribution >= 0.6 is 21.6 Å². The fourth-order valence-electron chi connectivity index (χ4n) is 10.9. The van der Waals surface area contributed by atoms with Crippen LogP contribution < -0.4 is 34.2 Å². The molecule has 14 heteroatoms. The number of methoxy groups -OCH3 is 1. The summed E-state index contributed by atoms with van der Waals surface area (Å²) in [5.41, 5.74) is 10.5. The van der Waals surface area contributed by atoms with Crippen LogP contribution in [0.25, 0.3) is 0 Å². The van der Waals surface area contributed by atoms with Crippen LogP contribution in [0.5, 0.6) is 17.2 Å². The molecule has 5 aromatic carbocycles. The average Bonchev–Trinajstić information content (AvgIpc) is 3.93. The van der Waals surface area contributed by atoms with Crippen LogP contribution in [-0.4, -0.2) is 79.5 Å². The number of Topliss-reactive ketones (excluding diaryl/α,β-unsaturated/α-hetero) is 1. The molecule has 0 aromatic heterocycles. The van der Waals surface area contributed by atoms with E-state index in [-0.39, 0.29) is 47.8 Å². The molecule has 0 saturated carbocycles. The first-order valence-corrected chi connectivity index (χ1v) is 29.0. The molecule has 12 nitrogen and oxygen atoms in total. The van der Waals surface area contributed by atoms with E-state index in [1.165, 1.54) is 11.1 Å². The maximum Gasteiger partial charge on any atom is 0.260 e. The highest BCUT2D eigenvalue weighted by Gasteiger charge is 2.40. The van der Waals surface area contributed by atoms with Gasteiger partial charge in [0.05, 0.1) is 24.4 Å². The van der Waals surface area contributed by atoms with E-state index in [1.807, 2.05) is 116 Å². The van der Waals surface area contributed by atoms with Crippen molar-refractivity contribution in [2.24, 2.45) is 4.99 Å². The number of aryl methyl sites for hydroxylation is 2. The lowest BCUT2D eigenvalue weighted by Crippen LogP contribution is -2.41. The minimum atomic E-state index is -0.162. The van der Waals surface area contributed by atoms with E-state index in [9.17, 15) is 19.2 Å². The van der Waals surface area contributed by atoms with Crippen molar-refractivity contribution in [3.63, 3.8) is 0 Å². The molecule has 1 N–H and O–H groups in total. The van der Waals surface area contributed by atoms with Gasteiger partial charge >= 0.3 is 0 Å². The van der Waals surface area contributed by atoms with E-state index in [1.54, 1.807) is 28.7 Å². The van der Waals surface area contributed by atoms with Crippen LogP contribution in [0, 0.1) is 6.92 Å². The maximum absolute atomic E-state index is 14.2. The normalized spacial score (nSPS) is 16.6. The third kappa shape index (κ3) is 12.7. The van der Waals surface area contributed by atoms with Crippen LogP contribution in [0.4, 0.5) is 22.7 Å². The maximum atomic E-state index is 14.2. The Kier molecular flexibility index (Phi) is 17.3. The van der Waals surface area contributed by atoms with Crippen LogP contribution in [0.2, 0.25) is 0 Å². The van der Waals surface area contributed by atoms with Gasteiger partial charge in [-0.2, -0.15) is 0 Å². The van der Waals surface area contributed by atoms with Gasteiger partial charge in [0.1, 0.15) is 24.7 Å². The predicted molar refractivity (Wildman–Crippen MR) is 306 cm³/mol. The summed E-state index contributed by atoms with van der Waals surface area (Å²) in [6.07, 6.45) is 11.1. The number of carbonyl (C=O) groups excluding carboxylic acids is 4. The Bertz CT molecular complexity index is 2960. The molecule has 0 saturated heterocycles. The van der Waals surface area contributed by atoms with Gasteiger partial charge in [-0.15, -0.1) is 0 Å². The molecule has 4 heterocycles. The second-order valence-electron chi connectivity index (χ2n) is 21.0. The number of rotatable bonds is 23. The molecule has 3 amide bonds. The fourth-order valence-corrected chi connectivity index (χ4v) is 13.6. The van der Waals surface area contributed by atoms with Gasteiger partial charge in [-0.05, 0) is 167 Å². The number of ketones is 1. The Hall–Kier alpha value is -6.25. The number of fused-ring (bicyclic) bond motifs is 8. The van der Waals surface area contributed by atoms with Gasteiger partial charge in [0.15, 0.2) is 11.5 Å². The molecule has 2 atom stereocenters.